The first-order valence-electron chi connectivity index (χ1n) is 9.67. The molecule has 1 N–H and O–H groups in total. The standard InChI is InChI=1S/C24H24N2O2/c27-24(25-15-17-28-22-7-2-1-3-8-22)21-12-10-19(11-13-21)18-26-16-14-20-6-4-5-9-23(20)26/h1-13H,14-18H2,(H,25,27). The molecule has 0 aromatic heterocycles. The normalized spacial score (nSPS) is 12.5. The van der Waals surface area contributed by atoms with E-state index in [1.807, 2.05) is 54.6 Å². The van der Waals surface area contributed by atoms with Crippen LogP contribution >= 0.6 is 0 Å². The molecule has 4 rings (SSSR count). The highest BCUT2D eigenvalue weighted by Gasteiger charge is 2.18. The molecule has 0 saturated carbocycles. The number of benzene rings is 3. The summed E-state index contributed by atoms with van der Waals surface area (Å²) < 4.78 is 5.59. The molecule has 4 heteroatoms. The van der Waals surface area contributed by atoms with Crippen LogP contribution < -0.4 is 15.0 Å². The number of carbonyl (C=O) groups is 1. The third kappa shape index (κ3) is 4.34. The number of hydrogen-bond acceptors (Lipinski definition) is 3. The Labute approximate surface area is 165 Å². The van der Waals surface area contributed by atoms with Crippen molar-refractivity contribution in [2.45, 2.75) is 13.0 Å². The van der Waals surface area contributed by atoms with Gasteiger partial charge in [-0.1, -0.05) is 48.5 Å². The average Bonchev–Trinajstić information content (AvgIpc) is 3.15. The van der Waals surface area contributed by atoms with Gasteiger partial charge in [0.1, 0.15) is 12.4 Å². The number of fused-ring (bicyclic) bond motifs is 1. The summed E-state index contributed by atoms with van der Waals surface area (Å²) in [7, 11) is 0. The van der Waals surface area contributed by atoms with Gasteiger partial charge >= 0.3 is 0 Å². The number of nitrogens with zero attached hydrogens (tertiary/aromatic N) is 1. The summed E-state index contributed by atoms with van der Waals surface area (Å²) in [5.74, 6) is 0.735. The fourth-order valence-corrected chi connectivity index (χ4v) is 3.50. The SMILES string of the molecule is O=C(NCCOc1ccccc1)c1ccc(CN2CCc3ccccc32)cc1. The predicted molar refractivity (Wildman–Crippen MR) is 112 cm³/mol. The Hall–Kier alpha value is -3.27. The van der Waals surface area contributed by atoms with Crippen LogP contribution in [0.2, 0.25) is 0 Å². The van der Waals surface area contributed by atoms with Crippen molar-refractivity contribution < 1.29 is 9.53 Å². The summed E-state index contributed by atoms with van der Waals surface area (Å²) in [6, 6.07) is 26.0. The van der Waals surface area contributed by atoms with Crippen molar-refractivity contribution in [3.63, 3.8) is 0 Å². The molecular weight excluding hydrogens is 348 g/mol. The lowest BCUT2D eigenvalue weighted by atomic mass is 10.1. The molecule has 1 heterocycles. The molecule has 0 atom stereocenters. The number of rotatable bonds is 7. The quantitative estimate of drug-likeness (QED) is 0.636. The molecule has 0 aliphatic carbocycles. The molecule has 0 bridgehead atoms. The minimum Gasteiger partial charge on any atom is -0.492 e. The molecule has 4 nitrogen and oxygen atoms in total. The van der Waals surface area contributed by atoms with E-state index in [1.54, 1.807) is 0 Å². The van der Waals surface area contributed by atoms with Gasteiger partial charge in [-0.2, -0.15) is 0 Å². The van der Waals surface area contributed by atoms with Crippen molar-refractivity contribution in [1.82, 2.24) is 5.32 Å². The Morgan fingerprint density at radius 1 is 0.929 bits per heavy atom. The fraction of sp³-hybridized carbons (Fsp3) is 0.208. The second kappa shape index (κ2) is 8.61. The zero-order chi connectivity index (χ0) is 19.2. The average molecular weight is 372 g/mol. The van der Waals surface area contributed by atoms with Crippen LogP contribution in [-0.4, -0.2) is 25.6 Å². The molecular formula is C24H24N2O2. The molecule has 1 amide bonds. The van der Waals surface area contributed by atoms with Crippen molar-refractivity contribution in [2.75, 3.05) is 24.6 Å². The fourth-order valence-electron chi connectivity index (χ4n) is 3.50. The molecule has 0 unspecified atom stereocenters. The predicted octanol–water partition coefficient (Wildman–Crippen LogP) is 4.06. The van der Waals surface area contributed by atoms with Crippen LogP contribution in [-0.2, 0) is 13.0 Å². The first-order chi connectivity index (χ1) is 13.8. The minimum absolute atomic E-state index is 0.0743. The Bertz CT molecular complexity index is 923. The number of ether oxygens (including phenoxy) is 1. The van der Waals surface area contributed by atoms with Gasteiger partial charge in [-0.05, 0) is 47.9 Å². The van der Waals surface area contributed by atoms with Crippen molar-refractivity contribution >= 4 is 11.6 Å². The highest BCUT2D eigenvalue weighted by Crippen LogP contribution is 2.28. The van der Waals surface area contributed by atoms with Gasteiger partial charge < -0.3 is 15.0 Å². The van der Waals surface area contributed by atoms with E-state index in [2.05, 4.69) is 34.5 Å². The van der Waals surface area contributed by atoms with Gasteiger partial charge in [-0.3, -0.25) is 4.79 Å². The molecule has 142 valence electrons. The maximum absolute atomic E-state index is 12.3. The van der Waals surface area contributed by atoms with Gasteiger partial charge in [0.25, 0.3) is 5.91 Å². The lowest BCUT2D eigenvalue weighted by molar-refractivity contribution is 0.0947. The second-order valence-electron chi connectivity index (χ2n) is 6.91. The van der Waals surface area contributed by atoms with Crippen molar-refractivity contribution in [2.24, 2.45) is 0 Å². The number of carbonyl (C=O) groups excluding carboxylic acids is 1. The van der Waals surface area contributed by atoms with E-state index in [1.165, 1.54) is 16.8 Å². The lowest BCUT2D eigenvalue weighted by Crippen LogP contribution is -2.28. The van der Waals surface area contributed by atoms with Gasteiger partial charge in [0.05, 0.1) is 6.54 Å². The Morgan fingerprint density at radius 3 is 2.50 bits per heavy atom. The van der Waals surface area contributed by atoms with E-state index in [4.69, 9.17) is 4.74 Å². The van der Waals surface area contributed by atoms with E-state index in [9.17, 15) is 4.79 Å². The minimum atomic E-state index is -0.0743. The topological polar surface area (TPSA) is 41.6 Å². The van der Waals surface area contributed by atoms with Crippen molar-refractivity contribution in [1.29, 1.82) is 0 Å². The summed E-state index contributed by atoms with van der Waals surface area (Å²) in [5.41, 5.74) is 4.62. The zero-order valence-electron chi connectivity index (χ0n) is 15.8. The molecule has 0 saturated heterocycles. The van der Waals surface area contributed by atoms with Crippen LogP contribution in [0.1, 0.15) is 21.5 Å². The maximum Gasteiger partial charge on any atom is 0.251 e. The number of hydrogen-bond donors (Lipinski definition) is 1. The molecule has 0 fully saturated rings. The first kappa shape index (κ1) is 18.1. The van der Waals surface area contributed by atoms with E-state index in [-0.39, 0.29) is 5.91 Å². The molecule has 1 aliphatic heterocycles. The number of para-hydroxylation sites is 2. The molecule has 28 heavy (non-hydrogen) atoms. The molecule has 3 aromatic rings. The number of anilines is 1. The molecule has 3 aromatic carbocycles. The van der Waals surface area contributed by atoms with Gasteiger partial charge in [0.2, 0.25) is 0 Å². The summed E-state index contributed by atoms with van der Waals surface area (Å²) in [5, 5.41) is 2.90. The molecule has 1 aliphatic rings. The Kier molecular flexibility index (Phi) is 5.57. The maximum atomic E-state index is 12.3. The zero-order valence-corrected chi connectivity index (χ0v) is 15.8. The summed E-state index contributed by atoms with van der Waals surface area (Å²) in [6.45, 7) is 2.83. The van der Waals surface area contributed by atoms with Gasteiger partial charge in [0, 0.05) is 24.3 Å². The van der Waals surface area contributed by atoms with Crippen molar-refractivity contribution in [3.8, 4) is 5.75 Å². The molecule has 0 radical (unpaired) electrons. The summed E-state index contributed by atoms with van der Waals surface area (Å²) in [6.07, 6.45) is 1.10. The number of nitrogens with one attached hydrogen (secondary N) is 1. The lowest BCUT2D eigenvalue weighted by Gasteiger charge is -2.19. The van der Waals surface area contributed by atoms with Crippen LogP contribution in [0.15, 0.2) is 78.9 Å². The van der Waals surface area contributed by atoms with Gasteiger partial charge in [-0.15, -0.1) is 0 Å². The first-order valence-corrected chi connectivity index (χ1v) is 9.67. The highest BCUT2D eigenvalue weighted by atomic mass is 16.5. The summed E-state index contributed by atoms with van der Waals surface area (Å²) in [4.78, 5) is 14.7. The monoisotopic (exact) mass is 372 g/mol. The van der Waals surface area contributed by atoms with Crippen LogP contribution in [0.25, 0.3) is 0 Å². The van der Waals surface area contributed by atoms with Crippen LogP contribution in [0.4, 0.5) is 5.69 Å². The van der Waals surface area contributed by atoms with Gasteiger partial charge in [0.15, 0.2) is 0 Å². The number of amides is 1. The Morgan fingerprint density at radius 2 is 1.68 bits per heavy atom. The van der Waals surface area contributed by atoms with Crippen LogP contribution in [0.3, 0.4) is 0 Å². The van der Waals surface area contributed by atoms with E-state index >= 15 is 0 Å². The third-order valence-electron chi connectivity index (χ3n) is 4.97. The van der Waals surface area contributed by atoms with E-state index in [0.717, 1.165) is 25.3 Å². The van der Waals surface area contributed by atoms with Gasteiger partial charge in [-0.25, -0.2) is 0 Å². The van der Waals surface area contributed by atoms with Crippen LogP contribution in [0.5, 0.6) is 5.75 Å². The van der Waals surface area contributed by atoms with Crippen LogP contribution in [0, 0.1) is 0 Å². The third-order valence-corrected chi connectivity index (χ3v) is 4.97. The second-order valence-corrected chi connectivity index (χ2v) is 6.91. The van der Waals surface area contributed by atoms with E-state index < -0.39 is 0 Å². The Balaban J connectivity index is 1.26. The molecule has 0 spiro atoms. The summed E-state index contributed by atoms with van der Waals surface area (Å²) >= 11 is 0. The largest absolute Gasteiger partial charge is 0.492 e. The van der Waals surface area contributed by atoms with E-state index in [0.29, 0.717) is 18.7 Å². The smallest absolute Gasteiger partial charge is 0.251 e. The van der Waals surface area contributed by atoms with Crippen molar-refractivity contribution in [3.05, 3.63) is 95.6 Å². The highest BCUT2D eigenvalue weighted by molar-refractivity contribution is 5.94.